The van der Waals surface area contributed by atoms with Crippen molar-refractivity contribution in [1.82, 2.24) is 9.97 Å². The molecule has 1 aromatic rings. The molecule has 0 bridgehead atoms. The lowest BCUT2D eigenvalue weighted by Crippen LogP contribution is -2.53. The highest BCUT2D eigenvalue weighted by Gasteiger charge is 2.40. The first-order valence-corrected chi connectivity index (χ1v) is 8.69. The van der Waals surface area contributed by atoms with E-state index in [0.29, 0.717) is 0 Å². The van der Waals surface area contributed by atoms with Crippen LogP contribution >= 0.6 is 32.3 Å². The van der Waals surface area contributed by atoms with Crippen LogP contribution in [-0.2, 0) is 13.8 Å². The molecule has 0 aromatic carbocycles. The van der Waals surface area contributed by atoms with Gasteiger partial charge in [0.25, 0.3) is 5.56 Å². The maximum absolute atomic E-state index is 11.9. The van der Waals surface area contributed by atoms with Crippen LogP contribution in [0.1, 0.15) is 0 Å². The van der Waals surface area contributed by atoms with Crippen LogP contribution in [0.3, 0.4) is 0 Å². The van der Waals surface area contributed by atoms with Gasteiger partial charge in [-0.15, -0.1) is 0 Å². The molecule has 0 saturated carbocycles. The number of nitrogen functional groups attached to an aromatic ring is 1. The van der Waals surface area contributed by atoms with Gasteiger partial charge < -0.3 is 25.6 Å². The van der Waals surface area contributed by atoms with Crippen LogP contribution in [0.15, 0.2) is 9.79 Å². The number of hydrogen-bond donors (Lipinski definition) is 5. The molecule has 2 atom stereocenters. The van der Waals surface area contributed by atoms with Crippen LogP contribution in [-0.4, -0.2) is 54.1 Å². The second-order valence-corrected chi connectivity index (χ2v) is 6.86. The van der Waals surface area contributed by atoms with Gasteiger partial charge in [-0.1, -0.05) is 24.4 Å². The normalized spacial score (nSPS) is 23.2. The number of aliphatic imine (C=N–C) groups is 1. The van der Waals surface area contributed by atoms with Crippen LogP contribution in [0.5, 0.6) is 0 Å². The minimum Gasteiger partial charge on any atom is -0.369 e. The summed E-state index contributed by atoms with van der Waals surface area (Å²) in [6.45, 7) is -0.494. The summed E-state index contributed by atoms with van der Waals surface area (Å²) in [6.07, 6.45) is -1.88. The second-order valence-electron chi connectivity index (χ2n) is 4.77. The van der Waals surface area contributed by atoms with Gasteiger partial charge in [-0.25, -0.2) is 9.56 Å². The maximum atomic E-state index is 11.9. The largest absolute Gasteiger partial charge is 0.469 e. The van der Waals surface area contributed by atoms with Crippen LogP contribution in [0.2, 0.25) is 0 Å². The van der Waals surface area contributed by atoms with Gasteiger partial charge >= 0.3 is 7.82 Å². The van der Waals surface area contributed by atoms with Crippen molar-refractivity contribution in [2.75, 3.05) is 17.7 Å². The van der Waals surface area contributed by atoms with E-state index in [-0.39, 0.29) is 32.9 Å². The highest BCUT2D eigenvalue weighted by atomic mass is 32.1. The Morgan fingerprint density at radius 3 is 2.79 bits per heavy atom. The smallest absolute Gasteiger partial charge is 0.369 e. The number of phosphoric acid groups is 1. The molecule has 1 saturated heterocycles. The Bertz CT molecular complexity index is 879. The predicted molar refractivity (Wildman–Crippen MR) is 91.8 cm³/mol. The summed E-state index contributed by atoms with van der Waals surface area (Å²) in [5.74, 6) is -0.0181. The molecule has 0 radical (unpaired) electrons. The van der Waals surface area contributed by atoms with Gasteiger partial charge in [0, 0.05) is 0 Å². The van der Waals surface area contributed by atoms with E-state index in [1.807, 2.05) is 0 Å². The number of thiocarbonyl (C=S) groups is 2. The number of nitrogens with zero attached hydrogens (tertiary/aromatic N) is 2. The van der Waals surface area contributed by atoms with Gasteiger partial charge in [0.15, 0.2) is 17.7 Å². The van der Waals surface area contributed by atoms with E-state index < -0.39 is 32.3 Å². The van der Waals surface area contributed by atoms with Crippen molar-refractivity contribution in [2.45, 2.75) is 12.3 Å². The first kappa shape index (κ1) is 17.2. The molecular weight excluding hydrogens is 381 g/mol. The lowest BCUT2D eigenvalue weighted by Gasteiger charge is -2.35. The van der Waals surface area contributed by atoms with E-state index in [0.717, 1.165) is 0 Å². The number of phosphoric ester groups is 1. The molecular formula is C10H10N5O6PS2. The molecule has 3 rings (SSSR count). The van der Waals surface area contributed by atoms with Crippen LogP contribution in [0, 0.1) is 0 Å². The van der Waals surface area contributed by atoms with Crippen molar-refractivity contribution in [1.29, 1.82) is 0 Å². The number of rotatable bonds is 3. The van der Waals surface area contributed by atoms with Gasteiger partial charge in [0.2, 0.25) is 5.95 Å². The summed E-state index contributed by atoms with van der Waals surface area (Å²) in [5.41, 5.74) is 5.10. The summed E-state index contributed by atoms with van der Waals surface area (Å²) < 4.78 is 20.8. The number of aromatic nitrogens is 2. The van der Waals surface area contributed by atoms with E-state index in [1.54, 1.807) is 0 Å². The fraction of sp³-hybridized carbons (Fsp3) is 0.300. The van der Waals surface area contributed by atoms with Crippen molar-refractivity contribution in [3.8, 4) is 0 Å². The monoisotopic (exact) mass is 391 g/mol. The topological polar surface area (TPSA) is 172 Å². The Labute approximate surface area is 144 Å². The molecule has 24 heavy (non-hydrogen) atoms. The van der Waals surface area contributed by atoms with Crippen LogP contribution in [0.4, 0.5) is 17.5 Å². The lowest BCUT2D eigenvalue weighted by molar-refractivity contribution is 0.0386. The standard InChI is InChI=1S/C10H10N5O6PS2/c11-10-14-7-4(8(16)15-10)12-3-6(24)5(23)2(21-9(3)13-7)1-20-22(17,18)19/h2,9H,1H2,(H2,17,18,19)(H4,11,13,14,15,16)/t2-,9-/m1/s1. The Hall–Kier alpha value is -1.60. The van der Waals surface area contributed by atoms with E-state index in [2.05, 4.69) is 24.8 Å². The van der Waals surface area contributed by atoms with E-state index in [4.69, 9.17) is 44.7 Å². The van der Waals surface area contributed by atoms with Crippen molar-refractivity contribution in [2.24, 2.45) is 4.99 Å². The molecule has 3 heterocycles. The van der Waals surface area contributed by atoms with Gasteiger partial charge in [-0.05, 0) is 0 Å². The SMILES string of the molecule is Nc1nc2c(c(=O)[nH]1)N=C1C(=S)C(=S)[C@@H](COP(=O)(O)O)O[C@H]1N2. The second kappa shape index (κ2) is 6.04. The highest BCUT2D eigenvalue weighted by Crippen LogP contribution is 2.37. The number of aromatic amines is 1. The molecule has 128 valence electrons. The summed E-state index contributed by atoms with van der Waals surface area (Å²) in [7, 11) is -4.69. The number of hydrogen-bond acceptors (Lipinski definition) is 10. The number of H-pyrrole nitrogens is 1. The summed E-state index contributed by atoms with van der Waals surface area (Å²) in [5, 5.41) is 2.80. The van der Waals surface area contributed by atoms with Crippen molar-refractivity contribution in [3.05, 3.63) is 10.4 Å². The van der Waals surface area contributed by atoms with Crippen LogP contribution < -0.4 is 16.6 Å². The van der Waals surface area contributed by atoms with E-state index >= 15 is 0 Å². The molecule has 11 nitrogen and oxygen atoms in total. The molecule has 2 aliphatic rings. The quantitative estimate of drug-likeness (QED) is 0.330. The van der Waals surface area contributed by atoms with Gasteiger partial charge in [0.1, 0.15) is 11.8 Å². The zero-order valence-electron chi connectivity index (χ0n) is 11.6. The fourth-order valence-corrected chi connectivity index (χ4v) is 2.95. The molecule has 1 aromatic heterocycles. The number of ether oxygens (including phenoxy) is 1. The summed E-state index contributed by atoms with van der Waals surface area (Å²) >= 11 is 10.3. The van der Waals surface area contributed by atoms with Crippen molar-refractivity contribution in [3.63, 3.8) is 0 Å². The molecule has 2 aliphatic heterocycles. The Kier molecular flexibility index (Phi) is 4.34. The third-order valence-corrected chi connectivity index (χ3v) is 4.62. The molecule has 0 spiro atoms. The first-order valence-electron chi connectivity index (χ1n) is 6.34. The minimum atomic E-state index is -4.69. The van der Waals surface area contributed by atoms with Crippen molar-refractivity contribution >= 4 is 65.2 Å². The van der Waals surface area contributed by atoms with Gasteiger partial charge in [-0.2, -0.15) is 4.98 Å². The van der Waals surface area contributed by atoms with E-state index in [1.165, 1.54) is 0 Å². The average molecular weight is 391 g/mol. The fourth-order valence-electron chi connectivity index (χ4n) is 2.11. The third kappa shape index (κ3) is 3.28. The third-order valence-electron chi connectivity index (χ3n) is 3.10. The highest BCUT2D eigenvalue weighted by molar-refractivity contribution is 7.91. The Balaban J connectivity index is 1.91. The van der Waals surface area contributed by atoms with Gasteiger partial charge in [-0.3, -0.25) is 14.3 Å². The van der Waals surface area contributed by atoms with Crippen molar-refractivity contribution < 1.29 is 23.6 Å². The summed E-state index contributed by atoms with van der Waals surface area (Å²) in [6, 6.07) is 0. The zero-order valence-corrected chi connectivity index (χ0v) is 14.2. The number of nitrogens with two attached hydrogens (primary N) is 1. The predicted octanol–water partition coefficient (Wildman–Crippen LogP) is -0.576. The molecule has 0 amide bonds. The zero-order chi connectivity index (χ0) is 17.6. The maximum Gasteiger partial charge on any atom is 0.469 e. The molecule has 1 fully saturated rings. The molecule has 14 heteroatoms. The number of nitrogens with one attached hydrogen (secondary N) is 2. The van der Waals surface area contributed by atoms with E-state index in [9.17, 15) is 9.36 Å². The number of anilines is 2. The number of fused-ring (bicyclic) bond motifs is 2. The minimum absolute atomic E-state index is 0.0193. The average Bonchev–Trinajstić information content (AvgIpc) is 2.47. The van der Waals surface area contributed by atoms with Gasteiger partial charge in [0.05, 0.1) is 16.3 Å². The Morgan fingerprint density at radius 1 is 1.42 bits per heavy atom. The molecule has 0 unspecified atom stereocenters. The first-order chi connectivity index (χ1) is 11.2. The van der Waals surface area contributed by atoms with Crippen LogP contribution in [0.25, 0.3) is 0 Å². The molecule has 6 N–H and O–H groups in total. The Morgan fingerprint density at radius 2 is 2.12 bits per heavy atom. The lowest BCUT2D eigenvalue weighted by atomic mass is 10.0. The summed E-state index contributed by atoms with van der Waals surface area (Å²) in [4.78, 5) is 40.0. The molecule has 0 aliphatic carbocycles.